The quantitative estimate of drug-likeness (QED) is 0.415. The van der Waals surface area contributed by atoms with Crippen LogP contribution in [-0.4, -0.2) is 38.6 Å². The van der Waals surface area contributed by atoms with Crippen LogP contribution in [0.5, 0.6) is 0 Å². The summed E-state index contributed by atoms with van der Waals surface area (Å²) in [5.74, 6) is -1.98. The van der Waals surface area contributed by atoms with Crippen molar-refractivity contribution < 1.29 is 19.3 Å². The molecule has 0 radical (unpaired) electrons. The van der Waals surface area contributed by atoms with E-state index in [4.69, 9.17) is 0 Å². The van der Waals surface area contributed by atoms with Crippen molar-refractivity contribution >= 4 is 40.1 Å². The molecule has 3 amide bonds. The molecule has 1 atom stereocenters. The van der Waals surface area contributed by atoms with Crippen LogP contribution in [0.25, 0.3) is 10.9 Å². The second-order valence-electron chi connectivity index (χ2n) is 6.49. The summed E-state index contributed by atoms with van der Waals surface area (Å²) in [5, 5.41) is 14.7. The number of anilines is 1. The Bertz CT molecular complexity index is 1210. The third-order valence-electron chi connectivity index (χ3n) is 4.74. The first-order valence-electron chi connectivity index (χ1n) is 8.70. The summed E-state index contributed by atoms with van der Waals surface area (Å²) in [5.41, 5.74) is -0.180. The van der Waals surface area contributed by atoms with Gasteiger partial charge in [0, 0.05) is 11.5 Å². The van der Waals surface area contributed by atoms with Gasteiger partial charge >= 0.3 is 0 Å². The molecule has 9 heteroatoms. The summed E-state index contributed by atoms with van der Waals surface area (Å²) in [7, 11) is 0. The van der Waals surface area contributed by atoms with Crippen molar-refractivity contribution in [1.29, 1.82) is 0 Å². The van der Waals surface area contributed by atoms with Crippen LogP contribution < -0.4 is 5.32 Å². The van der Waals surface area contributed by atoms with Gasteiger partial charge in [0.1, 0.15) is 17.4 Å². The molecule has 144 valence electrons. The molecule has 1 aromatic heterocycles. The molecule has 0 saturated heterocycles. The summed E-state index contributed by atoms with van der Waals surface area (Å²) in [6, 6.07) is 13.4. The second kappa shape index (κ2) is 6.79. The van der Waals surface area contributed by atoms with E-state index >= 15 is 0 Å². The number of carbonyl (C=O) groups excluding carboxylic acids is 3. The molecule has 0 bridgehead atoms. The summed E-state index contributed by atoms with van der Waals surface area (Å²) in [6.45, 7) is 1.38. The number of amides is 3. The zero-order chi connectivity index (χ0) is 20.7. The van der Waals surface area contributed by atoms with Gasteiger partial charge in [-0.2, -0.15) is 0 Å². The van der Waals surface area contributed by atoms with Crippen LogP contribution >= 0.6 is 0 Å². The third-order valence-corrected chi connectivity index (χ3v) is 4.74. The maximum absolute atomic E-state index is 12.7. The minimum Gasteiger partial charge on any atom is -0.309 e. The van der Waals surface area contributed by atoms with E-state index in [2.05, 4.69) is 10.3 Å². The average Bonchev–Trinajstić information content (AvgIpc) is 2.97. The van der Waals surface area contributed by atoms with Gasteiger partial charge in [-0.25, -0.2) is 4.98 Å². The average molecular weight is 390 g/mol. The molecule has 1 N–H and O–H groups in total. The van der Waals surface area contributed by atoms with Gasteiger partial charge in [0.25, 0.3) is 17.5 Å². The smallest absolute Gasteiger partial charge is 0.282 e. The third kappa shape index (κ3) is 2.98. The van der Waals surface area contributed by atoms with Crippen LogP contribution in [0.4, 0.5) is 11.5 Å². The van der Waals surface area contributed by atoms with E-state index in [9.17, 15) is 24.5 Å². The fourth-order valence-corrected chi connectivity index (χ4v) is 3.27. The Kier molecular flexibility index (Phi) is 4.27. The van der Waals surface area contributed by atoms with Crippen LogP contribution in [0, 0.1) is 10.1 Å². The van der Waals surface area contributed by atoms with Crippen LogP contribution in [0.1, 0.15) is 27.6 Å². The highest BCUT2D eigenvalue weighted by atomic mass is 16.6. The Morgan fingerprint density at radius 3 is 2.59 bits per heavy atom. The number of hydrogen-bond donors (Lipinski definition) is 1. The van der Waals surface area contributed by atoms with E-state index in [-0.39, 0.29) is 16.9 Å². The molecule has 2 heterocycles. The van der Waals surface area contributed by atoms with Crippen LogP contribution in [0.15, 0.2) is 54.6 Å². The first kappa shape index (κ1) is 18.2. The minimum absolute atomic E-state index is 0.0901. The molecule has 4 rings (SSSR count). The van der Waals surface area contributed by atoms with E-state index < -0.39 is 34.4 Å². The molecule has 1 aliphatic heterocycles. The summed E-state index contributed by atoms with van der Waals surface area (Å²) in [6.07, 6.45) is 0. The van der Waals surface area contributed by atoms with Crippen molar-refractivity contribution in [2.45, 2.75) is 13.0 Å². The lowest BCUT2D eigenvalue weighted by atomic mass is 10.1. The standard InChI is InChI=1S/C20H14N4O5/c1-11(18(25)22-16-10-9-12-5-2-3-7-14(12)21-16)23-19(26)13-6-4-8-15(24(28)29)17(13)20(23)27/h2-11H,1H3,(H,21,22,25)/t11-/m0/s1. The first-order chi connectivity index (χ1) is 13.9. The van der Waals surface area contributed by atoms with E-state index in [1.165, 1.54) is 19.1 Å². The summed E-state index contributed by atoms with van der Waals surface area (Å²) in [4.78, 5) is 53.6. The number of aromatic nitrogens is 1. The number of benzene rings is 2. The molecular weight excluding hydrogens is 376 g/mol. The number of nitro benzene ring substituents is 1. The fraction of sp³-hybridized carbons (Fsp3) is 0.100. The molecule has 29 heavy (non-hydrogen) atoms. The molecule has 0 spiro atoms. The van der Waals surface area contributed by atoms with Gasteiger partial charge in [-0.1, -0.05) is 24.3 Å². The number of pyridine rings is 1. The zero-order valence-electron chi connectivity index (χ0n) is 15.2. The lowest BCUT2D eigenvalue weighted by molar-refractivity contribution is -0.385. The number of para-hydroxylation sites is 1. The Labute approximate surface area is 164 Å². The van der Waals surface area contributed by atoms with Crippen molar-refractivity contribution in [3.8, 4) is 0 Å². The van der Waals surface area contributed by atoms with Crippen molar-refractivity contribution in [3.05, 3.63) is 75.8 Å². The van der Waals surface area contributed by atoms with E-state index in [1.54, 1.807) is 18.2 Å². The number of rotatable bonds is 4. The molecule has 1 aliphatic rings. The maximum atomic E-state index is 12.7. The van der Waals surface area contributed by atoms with Crippen molar-refractivity contribution in [3.63, 3.8) is 0 Å². The highest BCUT2D eigenvalue weighted by Crippen LogP contribution is 2.32. The second-order valence-corrected chi connectivity index (χ2v) is 6.49. The van der Waals surface area contributed by atoms with E-state index in [0.717, 1.165) is 16.4 Å². The van der Waals surface area contributed by atoms with Crippen molar-refractivity contribution in [2.24, 2.45) is 0 Å². The number of imide groups is 1. The molecule has 2 aromatic carbocycles. The number of nitrogens with zero attached hydrogens (tertiary/aromatic N) is 3. The SMILES string of the molecule is C[C@@H](C(=O)Nc1ccc2ccccc2n1)N1C(=O)c2cccc([N+](=O)[O-])c2C1=O. The van der Waals surface area contributed by atoms with E-state index in [1.807, 2.05) is 18.2 Å². The Balaban J connectivity index is 1.60. The van der Waals surface area contributed by atoms with Gasteiger partial charge in [0.2, 0.25) is 5.91 Å². The fourth-order valence-electron chi connectivity index (χ4n) is 3.27. The topological polar surface area (TPSA) is 123 Å². The Morgan fingerprint density at radius 2 is 1.83 bits per heavy atom. The highest BCUT2D eigenvalue weighted by molar-refractivity contribution is 6.24. The van der Waals surface area contributed by atoms with Crippen LogP contribution in [0.3, 0.4) is 0 Å². The number of carbonyl (C=O) groups is 3. The molecule has 0 aliphatic carbocycles. The van der Waals surface area contributed by atoms with Gasteiger partial charge in [0.05, 0.1) is 16.0 Å². The number of hydrogen-bond acceptors (Lipinski definition) is 6. The monoisotopic (exact) mass is 390 g/mol. The van der Waals surface area contributed by atoms with Crippen molar-refractivity contribution in [2.75, 3.05) is 5.32 Å². The maximum Gasteiger partial charge on any atom is 0.282 e. The zero-order valence-corrected chi connectivity index (χ0v) is 15.2. The van der Waals surface area contributed by atoms with Gasteiger partial charge < -0.3 is 5.32 Å². The highest BCUT2D eigenvalue weighted by Gasteiger charge is 2.44. The van der Waals surface area contributed by atoms with E-state index in [0.29, 0.717) is 5.52 Å². The van der Waals surface area contributed by atoms with Gasteiger partial charge in [0.15, 0.2) is 0 Å². The summed E-state index contributed by atoms with van der Waals surface area (Å²) >= 11 is 0. The number of nitrogens with one attached hydrogen (secondary N) is 1. The summed E-state index contributed by atoms with van der Waals surface area (Å²) < 4.78 is 0. The molecule has 0 fully saturated rings. The van der Waals surface area contributed by atoms with Crippen LogP contribution in [0.2, 0.25) is 0 Å². The largest absolute Gasteiger partial charge is 0.309 e. The van der Waals surface area contributed by atoms with Gasteiger partial charge in [-0.3, -0.25) is 29.4 Å². The molecule has 9 nitrogen and oxygen atoms in total. The lowest BCUT2D eigenvalue weighted by Gasteiger charge is -2.21. The van der Waals surface area contributed by atoms with Crippen molar-refractivity contribution in [1.82, 2.24) is 9.88 Å². The lowest BCUT2D eigenvalue weighted by Crippen LogP contribution is -2.45. The predicted octanol–water partition coefficient (Wildman–Crippen LogP) is 2.77. The van der Waals surface area contributed by atoms with Gasteiger partial charge in [-0.15, -0.1) is 0 Å². The number of fused-ring (bicyclic) bond motifs is 2. The minimum atomic E-state index is -1.18. The number of nitro groups is 1. The first-order valence-corrected chi connectivity index (χ1v) is 8.70. The molecule has 0 saturated carbocycles. The molecular formula is C20H14N4O5. The molecule has 3 aromatic rings. The van der Waals surface area contributed by atoms with Crippen LogP contribution in [-0.2, 0) is 4.79 Å². The normalized spacial score (nSPS) is 14.0. The predicted molar refractivity (Wildman–Crippen MR) is 103 cm³/mol. The Hall–Kier alpha value is -4.14. The van der Waals surface area contributed by atoms with Gasteiger partial charge in [-0.05, 0) is 31.2 Å². The molecule has 0 unspecified atom stereocenters. The Morgan fingerprint density at radius 1 is 1.07 bits per heavy atom.